The van der Waals surface area contributed by atoms with Crippen molar-refractivity contribution in [3.63, 3.8) is 0 Å². The molecule has 2 fully saturated rings. The molecule has 0 amide bonds. The van der Waals surface area contributed by atoms with Gasteiger partial charge in [-0.05, 0) is 45.9 Å². The SMILES string of the molecule is CC1(C)OC[C@@H](COc2cccc(N)c2)O1.CC1(C)OC[C@@H](COc2cccc([N+](=O)[O-])c2)O1. The summed E-state index contributed by atoms with van der Waals surface area (Å²) in [6, 6.07) is 13.4. The minimum absolute atomic E-state index is 0.0106. The normalized spacial score (nSPS) is 22.5. The maximum atomic E-state index is 10.6. The van der Waals surface area contributed by atoms with E-state index < -0.39 is 16.5 Å². The van der Waals surface area contributed by atoms with E-state index in [2.05, 4.69) is 0 Å². The zero-order valence-corrected chi connectivity index (χ0v) is 19.9. The predicted molar refractivity (Wildman–Crippen MR) is 125 cm³/mol. The van der Waals surface area contributed by atoms with Crippen LogP contribution in [0.1, 0.15) is 27.7 Å². The van der Waals surface area contributed by atoms with Crippen LogP contribution in [0.15, 0.2) is 48.5 Å². The van der Waals surface area contributed by atoms with Crippen LogP contribution >= 0.6 is 0 Å². The minimum Gasteiger partial charge on any atom is -0.491 e. The standard InChI is InChI=1S/C12H15NO5.C12H17NO3/c1-12(2)17-8-11(18-12)7-16-10-5-3-4-9(6-10)13(14)15;1-12(2)15-8-11(16-12)7-14-10-5-3-4-9(13)6-10/h3-6,11H,7-8H2,1-2H3;3-6,11H,7-8,13H2,1-2H3/t2*11-/m11/s1. The Morgan fingerprint density at radius 3 is 1.85 bits per heavy atom. The summed E-state index contributed by atoms with van der Waals surface area (Å²) in [5, 5.41) is 10.6. The van der Waals surface area contributed by atoms with Gasteiger partial charge in [-0.1, -0.05) is 12.1 Å². The summed E-state index contributed by atoms with van der Waals surface area (Å²) >= 11 is 0. The Bertz CT molecular complexity index is 965. The third kappa shape index (κ3) is 8.14. The number of hydrogen-bond acceptors (Lipinski definition) is 9. The first kappa shape index (κ1) is 25.7. The van der Waals surface area contributed by atoms with Crippen LogP contribution < -0.4 is 15.2 Å². The number of anilines is 1. The van der Waals surface area contributed by atoms with Crippen molar-refractivity contribution in [1.29, 1.82) is 0 Å². The molecule has 0 radical (unpaired) electrons. The van der Waals surface area contributed by atoms with Crippen molar-refractivity contribution < 1.29 is 33.3 Å². The third-order valence-electron chi connectivity index (χ3n) is 4.89. The molecule has 2 saturated heterocycles. The molecule has 2 atom stereocenters. The Balaban J connectivity index is 0.000000192. The quantitative estimate of drug-likeness (QED) is 0.359. The summed E-state index contributed by atoms with van der Waals surface area (Å²) in [6.45, 7) is 9.27. The average Bonchev–Trinajstić information content (AvgIpc) is 3.31. The van der Waals surface area contributed by atoms with Gasteiger partial charge in [-0.25, -0.2) is 0 Å². The van der Waals surface area contributed by atoms with Crippen molar-refractivity contribution in [2.24, 2.45) is 0 Å². The lowest BCUT2D eigenvalue weighted by Gasteiger charge is -2.17. The zero-order chi connectivity index (χ0) is 24.8. The van der Waals surface area contributed by atoms with Crippen molar-refractivity contribution >= 4 is 11.4 Å². The number of rotatable bonds is 7. The number of nitrogens with zero attached hydrogens (tertiary/aromatic N) is 1. The molecule has 2 N–H and O–H groups in total. The van der Waals surface area contributed by atoms with E-state index in [1.165, 1.54) is 12.1 Å². The summed E-state index contributed by atoms with van der Waals surface area (Å²) in [7, 11) is 0. The first-order chi connectivity index (χ1) is 16.0. The summed E-state index contributed by atoms with van der Waals surface area (Å²) in [5.41, 5.74) is 6.36. The Morgan fingerprint density at radius 1 is 0.912 bits per heavy atom. The number of benzene rings is 2. The van der Waals surface area contributed by atoms with E-state index in [4.69, 9.17) is 34.2 Å². The molecule has 2 aromatic carbocycles. The number of hydrogen-bond donors (Lipinski definition) is 1. The molecular formula is C24H32N2O8. The lowest BCUT2D eigenvalue weighted by Crippen LogP contribution is -2.25. The number of nitro benzene ring substituents is 1. The fraction of sp³-hybridized carbons (Fsp3) is 0.500. The van der Waals surface area contributed by atoms with E-state index in [9.17, 15) is 10.1 Å². The Kier molecular flexibility index (Phi) is 8.32. The van der Waals surface area contributed by atoms with Gasteiger partial charge in [-0.3, -0.25) is 10.1 Å². The highest BCUT2D eigenvalue weighted by Gasteiger charge is 2.33. The van der Waals surface area contributed by atoms with E-state index in [0.29, 0.717) is 37.9 Å². The number of nitro groups is 1. The molecule has 2 heterocycles. The van der Waals surface area contributed by atoms with Crippen molar-refractivity contribution in [3.05, 3.63) is 58.6 Å². The monoisotopic (exact) mass is 476 g/mol. The maximum absolute atomic E-state index is 10.6. The molecular weight excluding hydrogens is 444 g/mol. The van der Waals surface area contributed by atoms with Crippen LogP contribution in [-0.4, -0.2) is 55.1 Å². The van der Waals surface area contributed by atoms with Crippen molar-refractivity contribution in [1.82, 2.24) is 0 Å². The van der Waals surface area contributed by atoms with Crippen LogP contribution in [0.2, 0.25) is 0 Å². The summed E-state index contributed by atoms with van der Waals surface area (Å²) < 4.78 is 33.1. The molecule has 10 heteroatoms. The molecule has 4 rings (SSSR count). The summed E-state index contributed by atoms with van der Waals surface area (Å²) in [5.74, 6) is 0.131. The highest BCUT2D eigenvalue weighted by atomic mass is 16.8. The van der Waals surface area contributed by atoms with E-state index in [1.54, 1.807) is 18.2 Å². The first-order valence-electron chi connectivity index (χ1n) is 11.0. The second-order valence-electron chi connectivity index (χ2n) is 8.85. The number of nitrogen functional groups attached to an aromatic ring is 1. The van der Waals surface area contributed by atoms with E-state index in [1.807, 2.05) is 45.9 Å². The van der Waals surface area contributed by atoms with Crippen LogP contribution in [0, 0.1) is 10.1 Å². The second-order valence-corrected chi connectivity index (χ2v) is 8.85. The van der Waals surface area contributed by atoms with Crippen LogP contribution in [0.5, 0.6) is 11.5 Å². The van der Waals surface area contributed by atoms with Gasteiger partial charge in [0.1, 0.15) is 36.9 Å². The van der Waals surface area contributed by atoms with Gasteiger partial charge in [0.05, 0.1) is 24.2 Å². The smallest absolute Gasteiger partial charge is 0.273 e. The van der Waals surface area contributed by atoms with Gasteiger partial charge in [0, 0.05) is 17.8 Å². The van der Waals surface area contributed by atoms with E-state index in [-0.39, 0.29) is 17.9 Å². The number of ether oxygens (including phenoxy) is 6. The van der Waals surface area contributed by atoms with Gasteiger partial charge in [0.15, 0.2) is 11.6 Å². The van der Waals surface area contributed by atoms with Crippen LogP contribution in [-0.2, 0) is 18.9 Å². The topological polar surface area (TPSA) is 125 Å². The van der Waals surface area contributed by atoms with Gasteiger partial charge in [-0.2, -0.15) is 0 Å². The molecule has 2 aliphatic rings. The van der Waals surface area contributed by atoms with E-state index in [0.717, 1.165) is 5.75 Å². The molecule has 0 spiro atoms. The molecule has 0 aliphatic carbocycles. The lowest BCUT2D eigenvalue weighted by atomic mass is 10.3. The number of non-ortho nitro benzene ring substituents is 1. The van der Waals surface area contributed by atoms with Crippen molar-refractivity contribution in [2.45, 2.75) is 51.5 Å². The Hall–Kier alpha value is -2.92. The van der Waals surface area contributed by atoms with Crippen LogP contribution in [0.4, 0.5) is 11.4 Å². The second kappa shape index (κ2) is 11.0. The highest BCUT2D eigenvalue weighted by molar-refractivity contribution is 5.43. The van der Waals surface area contributed by atoms with Crippen molar-refractivity contribution in [2.75, 3.05) is 32.2 Å². The van der Waals surface area contributed by atoms with Gasteiger partial charge in [0.25, 0.3) is 5.69 Å². The van der Waals surface area contributed by atoms with Crippen LogP contribution in [0.25, 0.3) is 0 Å². The van der Waals surface area contributed by atoms with Gasteiger partial charge >= 0.3 is 0 Å². The molecule has 2 aliphatic heterocycles. The minimum atomic E-state index is -0.587. The fourth-order valence-electron chi connectivity index (χ4n) is 3.36. The molecule has 0 aromatic heterocycles. The molecule has 0 saturated carbocycles. The largest absolute Gasteiger partial charge is 0.491 e. The molecule has 10 nitrogen and oxygen atoms in total. The highest BCUT2D eigenvalue weighted by Crippen LogP contribution is 2.25. The Labute approximate surface area is 199 Å². The summed E-state index contributed by atoms with van der Waals surface area (Å²) in [4.78, 5) is 10.2. The molecule has 0 unspecified atom stereocenters. The van der Waals surface area contributed by atoms with Crippen LogP contribution in [0.3, 0.4) is 0 Å². The fourth-order valence-corrected chi connectivity index (χ4v) is 3.36. The Morgan fingerprint density at radius 2 is 1.41 bits per heavy atom. The molecule has 34 heavy (non-hydrogen) atoms. The molecule has 186 valence electrons. The van der Waals surface area contributed by atoms with E-state index >= 15 is 0 Å². The molecule has 2 aromatic rings. The lowest BCUT2D eigenvalue weighted by molar-refractivity contribution is -0.384. The number of nitrogens with two attached hydrogens (primary N) is 1. The van der Waals surface area contributed by atoms with Gasteiger partial charge in [0.2, 0.25) is 0 Å². The first-order valence-corrected chi connectivity index (χ1v) is 11.0. The predicted octanol–water partition coefficient (Wildman–Crippen LogP) is 3.92. The van der Waals surface area contributed by atoms with Gasteiger partial charge < -0.3 is 34.2 Å². The zero-order valence-electron chi connectivity index (χ0n) is 19.9. The summed E-state index contributed by atoms with van der Waals surface area (Å²) in [6.07, 6.45) is -0.171. The maximum Gasteiger partial charge on any atom is 0.273 e. The third-order valence-corrected chi connectivity index (χ3v) is 4.89. The van der Waals surface area contributed by atoms with Crippen molar-refractivity contribution in [3.8, 4) is 11.5 Å². The average molecular weight is 477 g/mol. The molecule has 0 bridgehead atoms. The van der Waals surface area contributed by atoms with Gasteiger partial charge in [-0.15, -0.1) is 0 Å².